The fourth-order valence-corrected chi connectivity index (χ4v) is 3.26. The highest BCUT2D eigenvalue weighted by Gasteiger charge is 2.22. The van der Waals surface area contributed by atoms with Crippen LogP contribution in [0.15, 0.2) is 54.6 Å². The number of hydrogen-bond acceptors (Lipinski definition) is 2. The molecule has 0 amide bonds. The van der Waals surface area contributed by atoms with Crippen molar-refractivity contribution in [2.75, 3.05) is 5.32 Å². The van der Waals surface area contributed by atoms with Gasteiger partial charge in [-0.05, 0) is 43.0 Å². The number of pyridine rings is 1. The van der Waals surface area contributed by atoms with Gasteiger partial charge < -0.3 is 5.32 Å². The Morgan fingerprint density at radius 3 is 2.86 bits per heavy atom. The third-order valence-electron chi connectivity index (χ3n) is 4.32. The number of anilines is 1. The summed E-state index contributed by atoms with van der Waals surface area (Å²) in [6.07, 6.45) is 2.31. The van der Waals surface area contributed by atoms with E-state index in [1.54, 1.807) is 0 Å². The number of fused-ring (bicyclic) bond motifs is 2. The van der Waals surface area contributed by atoms with Gasteiger partial charge in [0.25, 0.3) is 0 Å². The minimum Gasteiger partial charge on any atom is -0.376 e. The van der Waals surface area contributed by atoms with Crippen molar-refractivity contribution in [3.8, 4) is 0 Å². The molecule has 2 aromatic carbocycles. The molecule has 0 radical (unpaired) electrons. The highest BCUT2D eigenvalue weighted by Crippen LogP contribution is 2.35. The molecule has 0 aliphatic heterocycles. The summed E-state index contributed by atoms with van der Waals surface area (Å²) in [5.74, 6) is 0. The number of aryl methyl sites for hydroxylation is 2. The topological polar surface area (TPSA) is 24.9 Å². The number of aromatic nitrogens is 1. The Morgan fingerprint density at radius 1 is 1.00 bits per heavy atom. The van der Waals surface area contributed by atoms with E-state index < -0.39 is 0 Å². The summed E-state index contributed by atoms with van der Waals surface area (Å²) >= 11 is 0. The van der Waals surface area contributed by atoms with Gasteiger partial charge in [-0.3, -0.25) is 4.98 Å². The normalized spacial score (nSPS) is 16.9. The van der Waals surface area contributed by atoms with Crippen molar-refractivity contribution < 1.29 is 0 Å². The van der Waals surface area contributed by atoms with Gasteiger partial charge in [-0.1, -0.05) is 42.5 Å². The summed E-state index contributed by atoms with van der Waals surface area (Å²) in [6.45, 7) is 2.04. The summed E-state index contributed by atoms with van der Waals surface area (Å²) in [5.41, 5.74) is 6.17. The fourth-order valence-electron chi connectivity index (χ4n) is 3.26. The first-order chi connectivity index (χ1) is 10.3. The summed E-state index contributed by atoms with van der Waals surface area (Å²) in [4.78, 5) is 4.71. The first-order valence-corrected chi connectivity index (χ1v) is 7.52. The van der Waals surface area contributed by atoms with Gasteiger partial charge in [0.1, 0.15) is 0 Å². The molecule has 104 valence electrons. The molecule has 21 heavy (non-hydrogen) atoms. The van der Waals surface area contributed by atoms with Gasteiger partial charge in [0.15, 0.2) is 0 Å². The highest BCUT2D eigenvalue weighted by molar-refractivity contribution is 5.90. The minimum absolute atomic E-state index is 0.397. The Balaban J connectivity index is 1.74. The van der Waals surface area contributed by atoms with E-state index in [4.69, 9.17) is 4.98 Å². The molecule has 1 aliphatic carbocycles. The van der Waals surface area contributed by atoms with Gasteiger partial charge >= 0.3 is 0 Å². The fraction of sp³-hybridized carbons (Fsp3) is 0.211. The highest BCUT2D eigenvalue weighted by atomic mass is 14.9. The van der Waals surface area contributed by atoms with E-state index in [2.05, 4.69) is 59.9 Å². The monoisotopic (exact) mass is 274 g/mol. The lowest BCUT2D eigenvalue weighted by atomic mass is 10.1. The van der Waals surface area contributed by atoms with E-state index in [-0.39, 0.29) is 0 Å². The number of para-hydroxylation sites is 1. The van der Waals surface area contributed by atoms with Crippen LogP contribution in [-0.2, 0) is 6.42 Å². The van der Waals surface area contributed by atoms with Crippen molar-refractivity contribution in [2.45, 2.75) is 25.8 Å². The number of nitrogens with zero attached hydrogens (tertiary/aromatic N) is 1. The molecule has 1 atom stereocenters. The molecular formula is C19H18N2. The van der Waals surface area contributed by atoms with Gasteiger partial charge in [-0.15, -0.1) is 0 Å². The Morgan fingerprint density at radius 2 is 1.90 bits per heavy atom. The van der Waals surface area contributed by atoms with Crippen molar-refractivity contribution in [3.05, 3.63) is 71.4 Å². The Bertz CT molecular complexity index is 808. The standard InChI is InChI=1S/C19H18N2/c1-13-9-10-15-6-4-8-18(19(15)20-13)21-17-12-11-14-5-2-3-7-16(14)17/h2-10,17,21H,11-12H2,1H3. The van der Waals surface area contributed by atoms with E-state index in [9.17, 15) is 0 Å². The molecule has 0 saturated heterocycles. The molecule has 1 heterocycles. The molecule has 0 spiro atoms. The molecule has 4 rings (SSSR count). The van der Waals surface area contributed by atoms with Gasteiger partial charge in [0, 0.05) is 11.1 Å². The summed E-state index contributed by atoms with van der Waals surface area (Å²) in [5, 5.41) is 4.90. The lowest BCUT2D eigenvalue weighted by molar-refractivity contribution is 0.763. The third-order valence-corrected chi connectivity index (χ3v) is 4.32. The molecule has 1 aliphatic rings. The molecule has 1 N–H and O–H groups in total. The van der Waals surface area contributed by atoms with Crippen LogP contribution < -0.4 is 5.32 Å². The first-order valence-electron chi connectivity index (χ1n) is 7.52. The van der Waals surface area contributed by atoms with Crippen molar-refractivity contribution in [3.63, 3.8) is 0 Å². The second-order valence-electron chi connectivity index (χ2n) is 5.76. The van der Waals surface area contributed by atoms with Crippen molar-refractivity contribution in [1.82, 2.24) is 4.98 Å². The van der Waals surface area contributed by atoms with Gasteiger partial charge in [-0.2, -0.15) is 0 Å². The second-order valence-corrected chi connectivity index (χ2v) is 5.76. The largest absolute Gasteiger partial charge is 0.376 e. The molecule has 0 bridgehead atoms. The van der Waals surface area contributed by atoms with Crippen molar-refractivity contribution in [1.29, 1.82) is 0 Å². The van der Waals surface area contributed by atoms with Crippen LogP contribution in [0.4, 0.5) is 5.69 Å². The second kappa shape index (κ2) is 4.88. The molecule has 1 unspecified atom stereocenters. The molecule has 3 aromatic rings. The zero-order valence-electron chi connectivity index (χ0n) is 12.1. The molecular weight excluding hydrogens is 256 g/mol. The molecule has 2 heteroatoms. The van der Waals surface area contributed by atoms with E-state index in [0.717, 1.165) is 29.7 Å². The van der Waals surface area contributed by atoms with E-state index in [1.165, 1.54) is 16.5 Å². The molecule has 1 aromatic heterocycles. The van der Waals surface area contributed by atoms with Crippen LogP contribution in [0.25, 0.3) is 10.9 Å². The van der Waals surface area contributed by atoms with Crippen molar-refractivity contribution >= 4 is 16.6 Å². The zero-order chi connectivity index (χ0) is 14.2. The Kier molecular flexibility index (Phi) is 2.88. The number of rotatable bonds is 2. The molecule has 0 fully saturated rings. The van der Waals surface area contributed by atoms with Crippen LogP contribution >= 0.6 is 0 Å². The maximum Gasteiger partial charge on any atom is 0.0936 e. The van der Waals surface area contributed by atoms with E-state index in [0.29, 0.717) is 6.04 Å². The molecule has 0 saturated carbocycles. The maximum absolute atomic E-state index is 4.71. The van der Waals surface area contributed by atoms with Gasteiger partial charge in [0.05, 0.1) is 17.2 Å². The lowest BCUT2D eigenvalue weighted by Gasteiger charge is -2.17. The van der Waals surface area contributed by atoms with Gasteiger partial charge in [0.2, 0.25) is 0 Å². The van der Waals surface area contributed by atoms with Crippen LogP contribution in [-0.4, -0.2) is 4.98 Å². The maximum atomic E-state index is 4.71. The van der Waals surface area contributed by atoms with Gasteiger partial charge in [-0.25, -0.2) is 0 Å². The summed E-state index contributed by atoms with van der Waals surface area (Å²) in [7, 11) is 0. The van der Waals surface area contributed by atoms with Crippen LogP contribution in [0.1, 0.15) is 29.3 Å². The number of benzene rings is 2. The predicted molar refractivity (Wildman–Crippen MR) is 87.6 cm³/mol. The summed E-state index contributed by atoms with van der Waals surface area (Å²) in [6, 6.07) is 19.7. The lowest BCUT2D eigenvalue weighted by Crippen LogP contribution is -2.07. The predicted octanol–water partition coefficient (Wildman–Crippen LogP) is 4.64. The average molecular weight is 274 g/mol. The van der Waals surface area contributed by atoms with Crippen molar-refractivity contribution in [2.24, 2.45) is 0 Å². The zero-order valence-corrected chi connectivity index (χ0v) is 12.1. The number of nitrogens with one attached hydrogen (secondary N) is 1. The first kappa shape index (κ1) is 12.4. The van der Waals surface area contributed by atoms with Crippen LogP contribution in [0.5, 0.6) is 0 Å². The minimum atomic E-state index is 0.397. The SMILES string of the molecule is Cc1ccc2cccc(NC3CCc4ccccc43)c2n1. The smallest absolute Gasteiger partial charge is 0.0936 e. The third kappa shape index (κ3) is 2.17. The summed E-state index contributed by atoms with van der Waals surface area (Å²) < 4.78 is 0. The Hall–Kier alpha value is -2.35. The Labute approximate surface area is 124 Å². The number of hydrogen-bond donors (Lipinski definition) is 1. The van der Waals surface area contributed by atoms with Crippen LogP contribution in [0.2, 0.25) is 0 Å². The quantitative estimate of drug-likeness (QED) is 0.736. The van der Waals surface area contributed by atoms with Crippen LogP contribution in [0.3, 0.4) is 0 Å². The molecule has 2 nitrogen and oxygen atoms in total. The average Bonchev–Trinajstić information content (AvgIpc) is 2.91. The van der Waals surface area contributed by atoms with E-state index in [1.807, 2.05) is 6.92 Å². The van der Waals surface area contributed by atoms with E-state index >= 15 is 0 Å². The van der Waals surface area contributed by atoms with Crippen LogP contribution in [0, 0.1) is 6.92 Å².